The molecule has 0 aliphatic heterocycles. The van der Waals surface area contributed by atoms with Crippen molar-refractivity contribution < 1.29 is 9.53 Å². The van der Waals surface area contributed by atoms with E-state index in [4.69, 9.17) is 6.57 Å². The van der Waals surface area contributed by atoms with Crippen LogP contribution in [0.4, 0.5) is 0 Å². The van der Waals surface area contributed by atoms with E-state index in [0.717, 1.165) is 11.1 Å². The minimum atomic E-state index is -0.606. The smallest absolute Gasteiger partial charge is 0.336 e. The molecule has 1 aromatic carbocycles. The highest BCUT2D eigenvalue weighted by atomic mass is 16.5. The molecule has 0 radical (unpaired) electrons. The summed E-state index contributed by atoms with van der Waals surface area (Å²) >= 11 is 0. The SMILES string of the molecule is [C-]#[N+]/C(=C\c1ccc(C)cc1)C(=O)OC. The van der Waals surface area contributed by atoms with E-state index in [1.54, 1.807) is 0 Å². The average molecular weight is 201 g/mol. The molecule has 0 spiro atoms. The number of aryl methyl sites for hydroxylation is 1. The lowest BCUT2D eigenvalue weighted by Gasteiger charge is -1.97. The lowest BCUT2D eigenvalue weighted by atomic mass is 10.1. The minimum Gasteiger partial charge on any atom is -0.474 e. The van der Waals surface area contributed by atoms with Gasteiger partial charge in [0.15, 0.2) is 0 Å². The van der Waals surface area contributed by atoms with Crippen molar-refractivity contribution in [1.29, 1.82) is 0 Å². The number of carbonyl (C=O) groups excluding carboxylic acids is 1. The zero-order valence-electron chi connectivity index (χ0n) is 8.65. The molecule has 0 saturated heterocycles. The summed E-state index contributed by atoms with van der Waals surface area (Å²) in [5.41, 5.74) is 1.94. The van der Waals surface area contributed by atoms with Crippen molar-refractivity contribution in [1.82, 2.24) is 0 Å². The van der Waals surface area contributed by atoms with Gasteiger partial charge in [-0.1, -0.05) is 29.8 Å². The average Bonchev–Trinajstić information content (AvgIpc) is 2.27. The molecule has 0 unspecified atom stereocenters. The molecule has 3 heteroatoms. The summed E-state index contributed by atoms with van der Waals surface area (Å²) in [5.74, 6) is -0.606. The van der Waals surface area contributed by atoms with Gasteiger partial charge in [0.1, 0.15) is 0 Å². The highest BCUT2D eigenvalue weighted by molar-refractivity contribution is 5.95. The number of rotatable bonds is 2. The largest absolute Gasteiger partial charge is 0.474 e. The fourth-order valence-electron chi connectivity index (χ4n) is 1.06. The lowest BCUT2D eigenvalue weighted by Crippen LogP contribution is -2.00. The molecular weight excluding hydrogens is 190 g/mol. The first-order chi connectivity index (χ1) is 7.17. The summed E-state index contributed by atoms with van der Waals surface area (Å²) in [6.07, 6.45) is 1.51. The highest BCUT2D eigenvalue weighted by Crippen LogP contribution is 2.10. The molecule has 0 aliphatic rings. The van der Waals surface area contributed by atoms with Gasteiger partial charge in [-0.15, -0.1) is 0 Å². The Morgan fingerprint density at radius 1 is 1.40 bits per heavy atom. The number of hydrogen-bond donors (Lipinski definition) is 0. The van der Waals surface area contributed by atoms with E-state index in [2.05, 4.69) is 9.58 Å². The Bertz CT molecular complexity index is 424. The molecule has 0 N–H and O–H groups in total. The molecule has 15 heavy (non-hydrogen) atoms. The number of nitrogens with zero attached hydrogens (tertiary/aromatic N) is 1. The van der Waals surface area contributed by atoms with Gasteiger partial charge in [0, 0.05) is 0 Å². The fourth-order valence-corrected chi connectivity index (χ4v) is 1.06. The second-order valence-electron chi connectivity index (χ2n) is 3.04. The van der Waals surface area contributed by atoms with E-state index in [1.165, 1.54) is 13.2 Å². The van der Waals surface area contributed by atoms with E-state index < -0.39 is 5.97 Å². The molecule has 0 fully saturated rings. The zero-order chi connectivity index (χ0) is 11.3. The molecule has 1 aromatic rings. The van der Waals surface area contributed by atoms with Crippen molar-refractivity contribution in [3.05, 3.63) is 52.5 Å². The number of ether oxygens (including phenoxy) is 1. The summed E-state index contributed by atoms with van der Waals surface area (Å²) in [4.78, 5) is 14.2. The molecule has 0 bridgehead atoms. The van der Waals surface area contributed by atoms with Crippen LogP contribution in [0, 0.1) is 13.5 Å². The van der Waals surface area contributed by atoms with Gasteiger partial charge in [0.2, 0.25) is 0 Å². The maximum absolute atomic E-state index is 11.1. The van der Waals surface area contributed by atoms with Crippen molar-refractivity contribution in [2.75, 3.05) is 7.11 Å². The van der Waals surface area contributed by atoms with Crippen LogP contribution in [0.2, 0.25) is 0 Å². The van der Waals surface area contributed by atoms with Gasteiger partial charge in [-0.05, 0) is 18.6 Å². The molecule has 0 aromatic heterocycles. The van der Waals surface area contributed by atoms with Crippen molar-refractivity contribution >= 4 is 12.0 Å². The van der Waals surface area contributed by atoms with Gasteiger partial charge in [0.25, 0.3) is 5.70 Å². The van der Waals surface area contributed by atoms with Crippen LogP contribution < -0.4 is 0 Å². The van der Waals surface area contributed by atoms with E-state index in [9.17, 15) is 4.79 Å². The second kappa shape index (κ2) is 4.97. The molecule has 76 valence electrons. The number of methoxy groups -OCH3 is 1. The third-order valence-corrected chi connectivity index (χ3v) is 1.90. The van der Waals surface area contributed by atoms with E-state index in [1.807, 2.05) is 31.2 Å². The van der Waals surface area contributed by atoms with Crippen molar-refractivity contribution in [2.24, 2.45) is 0 Å². The summed E-state index contributed by atoms with van der Waals surface area (Å²) in [6, 6.07) is 7.54. The van der Waals surface area contributed by atoms with Gasteiger partial charge in [-0.3, -0.25) is 4.79 Å². The molecule has 1 rings (SSSR count). The van der Waals surface area contributed by atoms with Gasteiger partial charge in [0.05, 0.1) is 13.7 Å². The number of esters is 1. The van der Waals surface area contributed by atoms with Gasteiger partial charge in [-0.25, -0.2) is 4.85 Å². The van der Waals surface area contributed by atoms with Crippen LogP contribution in [0.1, 0.15) is 11.1 Å². The van der Waals surface area contributed by atoms with Crippen LogP contribution in [-0.2, 0) is 9.53 Å². The first kappa shape index (κ1) is 11.0. The molecule has 0 saturated carbocycles. The first-order valence-electron chi connectivity index (χ1n) is 4.41. The van der Waals surface area contributed by atoms with Gasteiger partial charge < -0.3 is 4.74 Å². The number of benzene rings is 1. The van der Waals surface area contributed by atoms with Crippen molar-refractivity contribution in [3.63, 3.8) is 0 Å². The topological polar surface area (TPSA) is 30.7 Å². The third-order valence-electron chi connectivity index (χ3n) is 1.90. The van der Waals surface area contributed by atoms with Crippen molar-refractivity contribution in [3.8, 4) is 0 Å². The molecule has 3 nitrogen and oxygen atoms in total. The van der Waals surface area contributed by atoms with E-state index >= 15 is 0 Å². The van der Waals surface area contributed by atoms with Gasteiger partial charge >= 0.3 is 5.97 Å². The Labute approximate surface area is 88.8 Å². The molecule has 0 heterocycles. The lowest BCUT2D eigenvalue weighted by molar-refractivity contribution is -0.135. The minimum absolute atomic E-state index is 0.0126. The van der Waals surface area contributed by atoms with Crippen LogP contribution in [0.25, 0.3) is 10.9 Å². The summed E-state index contributed by atoms with van der Waals surface area (Å²) in [6.45, 7) is 8.82. The highest BCUT2D eigenvalue weighted by Gasteiger charge is 2.08. The normalized spacial score (nSPS) is 10.6. The van der Waals surface area contributed by atoms with Crippen LogP contribution in [0.5, 0.6) is 0 Å². The summed E-state index contributed by atoms with van der Waals surface area (Å²) in [5, 5.41) is 0. The standard InChI is InChI=1S/C12H11NO2/c1-9-4-6-10(7-5-9)8-11(13-2)12(14)15-3/h4-8H,1,3H3/b11-8-. The number of hydrogen-bond acceptors (Lipinski definition) is 2. The Balaban J connectivity index is 3.00. The Kier molecular flexibility index (Phi) is 3.64. The molecule has 0 atom stereocenters. The molecule has 0 amide bonds. The maximum atomic E-state index is 11.1. The molecule has 0 aliphatic carbocycles. The quantitative estimate of drug-likeness (QED) is 0.418. The molecular formula is C12H11NO2. The maximum Gasteiger partial charge on any atom is 0.336 e. The Hall–Kier alpha value is -2.08. The van der Waals surface area contributed by atoms with Crippen molar-refractivity contribution in [2.45, 2.75) is 6.92 Å². The predicted molar refractivity (Wildman–Crippen MR) is 57.8 cm³/mol. The van der Waals surface area contributed by atoms with Crippen LogP contribution in [0.15, 0.2) is 30.0 Å². The van der Waals surface area contributed by atoms with Crippen LogP contribution in [-0.4, -0.2) is 13.1 Å². The Morgan fingerprint density at radius 3 is 2.47 bits per heavy atom. The van der Waals surface area contributed by atoms with Gasteiger partial charge in [-0.2, -0.15) is 0 Å². The van der Waals surface area contributed by atoms with Crippen LogP contribution >= 0.6 is 0 Å². The zero-order valence-corrected chi connectivity index (χ0v) is 8.65. The summed E-state index contributed by atoms with van der Waals surface area (Å²) in [7, 11) is 1.26. The predicted octanol–water partition coefficient (Wildman–Crippen LogP) is 2.43. The summed E-state index contributed by atoms with van der Waals surface area (Å²) < 4.78 is 4.48. The van der Waals surface area contributed by atoms with Crippen LogP contribution in [0.3, 0.4) is 0 Å². The third kappa shape index (κ3) is 2.96. The monoisotopic (exact) mass is 201 g/mol. The first-order valence-corrected chi connectivity index (χ1v) is 4.41. The van der Waals surface area contributed by atoms with E-state index in [0.29, 0.717) is 0 Å². The fraction of sp³-hybridized carbons (Fsp3) is 0.167. The number of carbonyl (C=O) groups is 1. The second-order valence-corrected chi connectivity index (χ2v) is 3.04. The Morgan fingerprint density at radius 2 is 2.00 bits per heavy atom. The van der Waals surface area contributed by atoms with E-state index in [-0.39, 0.29) is 5.70 Å².